The van der Waals surface area contributed by atoms with Gasteiger partial charge in [-0.2, -0.15) is 0 Å². The van der Waals surface area contributed by atoms with Gasteiger partial charge in [-0.1, -0.05) is 30.3 Å². The smallest absolute Gasteiger partial charge is 0.407 e. The molecule has 2 amide bonds. The van der Waals surface area contributed by atoms with Crippen molar-refractivity contribution in [3.05, 3.63) is 95.1 Å². The molecule has 0 spiro atoms. The van der Waals surface area contributed by atoms with E-state index in [0.717, 1.165) is 17.7 Å². The first-order chi connectivity index (χ1) is 18.8. The summed E-state index contributed by atoms with van der Waals surface area (Å²) in [5, 5.41) is 9.93. The number of carbonyl (C=O) groups is 2. The Morgan fingerprint density at radius 2 is 1.69 bits per heavy atom. The van der Waals surface area contributed by atoms with E-state index in [9.17, 15) is 23.5 Å². The first-order valence-corrected chi connectivity index (χ1v) is 12.5. The maximum absolute atomic E-state index is 14.0. The third-order valence-corrected chi connectivity index (χ3v) is 6.74. The predicted octanol–water partition coefficient (Wildman–Crippen LogP) is 4.49. The topological polar surface area (TPSA) is 82.5 Å². The van der Waals surface area contributed by atoms with Gasteiger partial charge >= 0.3 is 6.09 Å². The quantitative estimate of drug-likeness (QED) is 0.432. The fraction of sp³-hybridized carbons (Fsp3) is 0.310. The van der Waals surface area contributed by atoms with Crippen LogP contribution in [0.2, 0.25) is 0 Å². The number of nitrogens with zero attached hydrogens (tertiary/aromatic N) is 3. The second-order valence-corrected chi connectivity index (χ2v) is 9.37. The highest BCUT2D eigenvalue weighted by atomic mass is 19.1. The molecule has 0 radical (unpaired) electrons. The normalized spacial score (nSPS) is 15.6. The third kappa shape index (κ3) is 7.02. The maximum Gasteiger partial charge on any atom is 0.407 e. The average molecular weight is 540 g/mol. The number of benzene rings is 3. The molecule has 0 aromatic heterocycles. The molecule has 1 aliphatic heterocycles. The van der Waals surface area contributed by atoms with Crippen molar-refractivity contribution in [3.8, 4) is 11.5 Å². The van der Waals surface area contributed by atoms with E-state index in [0.29, 0.717) is 42.8 Å². The number of carboxylic acid groups (broad SMARTS) is 1. The van der Waals surface area contributed by atoms with Gasteiger partial charge in [0.05, 0.1) is 20.3 Å². The molecule has 0 unspecified atom stereocenters. The molecule has 1 aliphatic rings. The van der Waals surface area contributed by atoms with Crippen LogP contribution in [0, 0.1) is 11.6 Å². The van der Waals surface area contributed by atoms with Gasteiger partial charge in [-0.15, -0.1) is 0 Å². The van der Waals surface area contributed by atoms with Gasteiger partial charge in [0, 0.05) is 62.5 Å². The van der Waals surface area contributed by atoms with Crippen LogP contribution in [0.1, 0.15) is 21.5 Å². The summed E-state index contributed by atoms with van der Waals surface area (Å²) in [6.45, 7) is 1.82. The van der Waals surface area contributed by atoms with Gasteiger partial charge in [0.25, 0.3) is 5.91 Å². The Bertz CT molecular complexity index is 1290. The van der Waals surface area contributed by atoms with Gasteiger partial charge in [0.15, 0.2) is 0 Å². The van der Waals surface area contributed by atoms with Crippen LogP contribution in [-0.2, 0) is 13.1 Å². The van der Waals surface area contributed by atoms with Crippen LogP contribution < -0.4 is 9.47 Å². The standard InChI is InChI=1S/C29H31F2N3O5/c1-38-26-9-8-21(27(15-26)39-2)17-33(28(35)22-12-23(30)14-24(31)13-22)19-25-18-32(10-11-34(25)29(36)37)16-20-6-4-3-5-7-20/h3-9,12-15,25H,10-11,16-19H2,1-2H3,(H,36,37)/t25-/m0/s1. The third-order valence-electron chi connectivity index (χ3n) is 6.74. The van der Waals surface area contributed by atoms with Gasteiger partial charge in [-0.05, 0) is 29.8 Å². The number of carbonyl (C=O) groups excluding carboxylic acids is 1. The second kappa shape index (κ2) is 12.6. The van der Waals surface area contributed by atoms with Gasteiger partial charge < -0.3 is 24.4 Å². The molecule has 3 aromatic rings. The van der Waals surface area contributed by atoms with Crippen LogP contribution >= 0.6 is 0 Å². The fourth-order valence-electron chi connectivity index (χ4n) is 4.83. The second-order valence-electron chi connectivity index (χ2n) is 9.37. The van der Waals surface area contributed by atoms with Crippen LogP contribution in [0.25, 0.3) is 0 Å². The Hall–Kier alpha value is -4.18. The number of rotatable bonds is 9. The minimum absolute atomic E-state index is 0.00371. The lowest BCUT2D eigenvalue weighted by atomic mass is 10.1. The summed E-state index contributed by atoms with van der Waals surface area (Å²) < 4.78 is 38.8. The van der Waals surface area contributed by atoms with Crippen LogP contribution in [0.15, 0.2) is 66.7 Å². The Kier molecular flexibility index (Phi) is 8.98. The highest BCUT2D eigenvalue weighted by molar-refractivity contribution is 5.94. The van der Waals surface area contributed by atoms with Crippen molar-refractivity contribution >= 4 is 12.0 Å². The van der Waals surface area contributed by atoms with Gasteiger partial charge in [-0.25, -0.2) is 13.6 Å². The van der Waals surface area contributed by atoms with Crippen LogP contribution in [0.3, 0.4) is 0 Å². The largest absolute Gasteiger partial charge is 0.497 e. The monoisotopic (exact) mass is 539 g/mol. The van der Waals surface area contributed by atoms with Crippen molar-refractivity contribution in [1.82, 2.24) is 14.7 Å². The van der Waals surface area contributed by atoms with Crippen molar-refractivity contribution in [2.45, 2.75) is 19.1 Å². The van der Waals surface area contributed by atoms with Crippen molar-refractivity contribution in [1.29, 1.82) is 0 Å². The number of amides is 2. The van der Waals surface area contributed by atoms with Crippen molar-refractivity contribution in [2.24, 2.45) is 0 Å². The summed E-state index contributed by atoms with van der Waals surface area (Å²) >= 11 is 0. The molecule has 206 valence electrons. The molecule has 1 fully saturated rings. The Labute approximate surface area is 226 Å². The van der Waals surface area contributed by atoms with E-state index in [1.165, 1.54) is 24.0 Å². The lowest BCUT2D eigenvalue weighted by Crippen LogP contribution is -2.58. The average Bonchev–Trinajstić information content (AvgIpc) is 2.92. The number of halogens is 2. The highest BCUT2D eigenvalue weighted by Crippen LogP contribution is 2.27. The minimum Gasteiger partial charge on any atom is -0.497 e. The van der Waals surface area contributed by atoms with E-state index in [1.807, 2.05) is 30.3 Å². The molecular weight excluding hydrogens is 508 g/mol. The lowest BCUT2D eigenvalue weighted by molar-refractivity contribution is 0.0395. The van der Waals surface area contributed by atoms with Crippen molar-refractivity contribution in [2.75, 3.05) is 40.4 Å². The molecule has 1 heterocycles. The maximum atomic E-state index is 14.0. The summed E-state index contributed by atoms with van der Waals surface area (Å²) in [6.07, 6.45) is -1.09. The summed E-state index contributed by atoms with van der Waals surface area (Å²) in [4.78, 5) is 30.7. The molecule has 1 N–H and O–H groups in total. The molecule has 8 nitrogen and oxygen atoms in total. The molecule has 39 heavy (non-hydrogen) atoms. The van der Waals surface area contributed by atoms with Gasteiger partial charge in [0.1, 0.15) is 23.1 Å². The molecule has 3 aromatic carbocycles. The van der Waals surface area contributed by atoms with E-state index in [1.54, 1.807) is 18.2 Å². The molecule has 4 rings (SSSR count). The predicted molar refractivity (Wildman–Crippen MR) is 141 cm³/mol. The van der Waals surface area contributed by atoms with Crippen LogP contribution in [0.4, 0.5) is 13.6 Å². The summed E-state index contributed by atoms with van der Waals surface area (Å²) in [5.41, 5.74) is 1.55. The van der Waals surface area contributed by atoms with E-state index >= 15 is 0 Å². The van der Waals surface area contributed by atoms with E-state index in [2.05, 4.69) is 4.90 Å². The van der Waals surface area contributed by atoms with Crippen molar-refractivity contribution in [3.63, 3.8) is 0 Å². The Morgan fingerprint density at radius 3 is 2.33 bits per heavy atom. The van der Waals surface area contributed by atoms with Crippen LogP contribution in [0.5, 0.6) is 11.5 Å². The summed E-state index contributed by atoms with van der Waals surface area (Å²) in [7, 11) is 3.01. The number of hydrogen-bond acceptors (Lipinski definition) is 5. The van der Waals surface area contributed by atoms with Gasteiger partial charge in [-0.3, -0.25) is 9.69 Å². The minimum atomic E-state index is -1.09. The highest BCUT2D eigenvalue weighted by Gasteiger charge is 2.33. The zero-order valence-electron chi connectivity index (χ0n) is 21.8. The Morgan fingerprint density at radius 1 is 0.974 bits per heavy atom. The van der Waals surface area contributed by atoms with E-state index in [4.69, 9.17) is 9.47 Å². The SMILES string of the molecule is COc1ccc(CN(C[C@@H]2CN(Cc3ccccc3)CCN2C(=O)O)C(=O)c2cc(F)cc(F)c2)c(OC)c1. The number of methoxy groups -OCH3 is 2. The molecule has 10 heteroatoms. The molecule has 1 atom stereocenters. The first-order valence-electron chi connectivity index (χ1n) is 12.5. The van der Waals surface area contributed by atoms with Gasteiger partial charge in [0.2, 0.25) is 0 Å². The van der Waals surface area contributed by atoms with E-state index in [-0.39, 0.29) is 25.2 Å². The fourth-order valence-corrected chi connectivity index (χ4v) is 4.83. The number of piperazine rings is 1. The molecule has 1 saturated heterocycles. The van der Waals surface area contributed by atoms with Crippen molar-refractivity contribution < 1.29 is 33.0 Å². The molecular formula is C29H31F2N3O5. The van der Waals surface area contributed by atoms with Crippen LogP contribution in [-0.4, -0.2) is 78.2 Å². The number of hydrogen-bond donors (Lipinski definition) is 1. The summed E-state index contributed by atoms with van der Waals surface area (Å²) in [5.74, 6) is -1.36. The number of ether oxygens (including phenoxy) is 2. The molecule has 0 saturated carbocycles. The lowest BCUT2D eigenvalue weighted by Gasteiger charge is -2.42. The zero-order chi connectivity index (χ0) is 27.9. The van der Waals surface area contributed by atoms with E-state index < -0.39 is 29.7 Å². The summed E-state index contributed by atoms with van der Waals surface area (Å²) in [6, 6.07) is 17.0. The molecule has 0 bridgehead atoms. The molecule has 0 aliphatic carbocycles. The Balaban J connectivity index is 1.65. The first kappa shape index (κ1) is 27.8. The zero-order valence-corrected chi connectivity index (χ0v) is 21.8.